The number of amides is 1. The van der Waals surface area contributed by atoms with Gasteiger partial charge in [0.25, 0.3) is 5.91 Å². The van der Waals surface area contributed by atoms with Crippen molar-refractivity contribution in [2.24, 2.45) is 0 Å². The Morgan fingerprint density at radius 3 is 2.36 bits per heavy atom. The Labute approximate surface area is 191 Å². The van der Waals surface area contributed by atoms with E-state index < -0.39 is 6.04 Å². The van der Waals surface area contributed by atoms with Gasteiger partial charge in [0.2, 0.25) is 5.95 Å². The highest BCUT2D eigenvalue weighted by molar-refractivity contribution is 6.06. The van der Waals surface area contributed by atoms with E-state index in [1.54, 1.807) is 11.8 Å². The van der Waals surface area contributed by atoms with Gasteiger partial charge in [0, 0.05) is 22.5 Å². The number of nitrogens with zero attached hydrogens (tertiary/aromatic N) is 3. The number of aromatic nitrogens is 3. The summed E-state index contributed by atoms with van der Waals surface area (Å²) in [6.07, 6.45) is 0. The monoisotopic (exact) mass is 437 g/mol. The minimum atomic E-state index is -0.522. The molecule has 1 aromatic heterocycles. The number of benzene rings is 3. The molecule has 2 N–H and O–H groups in total. The summed E-state index contributed by atoms with van der Waals surface area (Å²) >= 11 is 0. The zero-order valence-electron chi connectivity index (χ0n) is 18.3. The Morgan fingerprint density at radius 1 is 0.970 bits per heavy atom. The molecular weight excluding hydrogens is 414 g/mol. The van der Waals surface area contributed by atoms with E-state index in [0.29, 0.717) is 28.8 Å². The Kier molecular flexibility index (Phi) is 5.36. The lowest BCUT2D eigenvalue weighted by Crippen LogP contribution is -2.31. The molecule has 3 aromatic carbocycles. The van der Waals surface area contributed by atoms with E-state index in [1.807, 2.05) is 91.9 Å². The van der Waals surface area contributed by atoms with Crippen LogP contribution in [0, 0.1) is 0 Å². The van der Waals surface area contributed by atoms with Crippen LogP contribution in [0.5, 0.6) is 5.75 Å². The third kappa shape index (κ3) is 3.85. The van der Waals surface area contributed by atoms with Crippen LogP contribution < -0.4 is 15.4 Å². The average Bonchev–Trinajstić information content (AvgIpc) is 3.28. The Hall–Kier alpha value is -4.39. The molecule has 0 saturated heterocycles. The maximum Gasteiger partial charge on any atom is 0.255 e. The van der Waals surface area contributed by atoms with Crippen molar-refractivity contribution in [2.45, 2.75) is 13.0 Å². The van der Waals surface area contributed by atoms with Crippen LogP contribution in [-0.2, 0) is 4.79 Å². The predicted molar refractivity (Wildman–Crippen MR) is 128 cm³/mol. The molecule has 0 radical (unpaired) electrons. The van der Waals surface area contributed by atoms with E-state index in [-0.39, 0.29) is 5.91 Å². The Morgan fingerprint density at radius 2 is 1.64 bits per heavy atom. The van der Waals surface area contributed by atoms with Gasteiger partial charge >= 0.3 is 0 Å². The molecule has 0 spiro atoms. The van der Waals surface area contributed by atoms with Gasteiger partial charge in [-0.15, -0.1) is 5.10 Å². The first-order valence-electron chi connectivity index (χ1n) is 10.6. The van der Waals surface area contributed by atoms with Crippen molar-refractivity contribution in [2.75, 3.05) is 17.7 Å². The van der Waals surface area contributed by atoms with Crippen molar-refractivity contribution >= 4 is 17.5 Å². The topological polar surface area (TPSA) is 81.1 Å². The number of rotatable bonds is 5. The second-order valence-corrected chi connectivity index (χ2v) is 7.70. The summed E-state index contributed by atoms with van der Waals surface area (Å²) in [7, 11) is 1.62. The van der Waals surface area contributed by atoms with Gasteiger partial charge in [-0.1, -0.05) is 66.7 Å². The highest BCUT2D eigenvalue weighted by atomic mass is 16.5. The minimum absolute atomic E-state index is 0.218. The number of hydrogen-bond acceptors (Lipinski definition) is 5. The van der Waals surface area contributed by atoms with Crippen LogP contribution in [0.15, 0.2) is 96.2 Å². The summed E-state index contributed by atoms with van der Waals surface area (Å²) in [6.45, 7) is 1.88. The number of hydrogen-bond donors (Lipinski definition) is 2. The summed E-state index contributed by atoms with van der Waals surface area (Å²) in [5, 5.41) is 11.1. The van der Waals surface area contributed by atoms with Crippen LogP contribution in [-0.4, -0.2) is 27.8 Å². The van der Waals surface area contributed by atoms with Gasteiger partial charge in [-0.3, -0.25) is 4.79 Å². The molecule has 0 aliphatic carbocycles. The molecule has 1 amide bonds. The second kappa shape index (κ2) is 8.63. The van der Waals surface area contributed by atoms with Gasteiger partial charge in [-0.05, 0) is 25.1 Å². The largest absolute Gasteiger partial charge is 0.496 e. The number of para-hydroxylation sites is 2. The third-order valence-corrected chi connectivity index (χ3v) is 5.59. The first-order valence-corrected chi connectivity index (χ1v) is 10.6. The van der Waals surface area contributed by atoms with Crippen LogP contribution in [0.25, 0.3) is 11.4 Å². The van der Waals surface area contributed by atoms with E-state index in [2.05, 4.69) is 10.6 Å². The SMILES string of the molecule is COc1ccccc1[C@@H]1C(C(=O)Nc2ccccc2)=C(C)Nc2nc(-c3ccccc3)nn21. The molecule has 1 aliphatic heterocycles. The standard InChI is InChI=1S/C26H23N5O2/c1-17-22(25(32)28-19-13-7-4-8-14-19)23(20-15-9-10-16-21(20)33-2)31-26(27-17)29-24(30-31)18-11-5-3-6-12-18/h3-16,23H,1-2H3,(H,28,32)(H,27,29,30)/t23-/m1/s1. The molecule has 33 heavy (non-hydrogen) atoms. The number of carbonyl (C=O) groups is 1. The van der Waals surface area contributed by atoms with E-state index in [9.17, 15) is 4.79 Å². The molecule has 7 nitrogen and oxygen atoms in total. The molecule has 164 valence electrons. The number of allylic oxidation sites excluding steroid dienone is 1. The Bertz CT molecular complexity index is 1330. The summed E-state index contributed by atoms with van der Waals surface area (Å²) in [6, 6.07) is 26.3. The fourth-order valence-corrected chi connectivity index (χ4v) is 4.05. The van der Waals surface area contributed by atoms with Crippen LogP contribution in [0.3, 0.4) is 0 Å². The van der Waals surface area contributed by atoms with Crippen molar-refractivity contribution in [3.63, 3.8) is 0 Å². The molecule has 4 aromatic rings. The molecule has 7 heteroatoms. The van der Waals surface area contributed by atoms with Crippen molar-refractivity contribution < 1.29 is 9.53 Å². The lowest BCUT2D eigenvalue weighted by Gasteiger charge is -2.29. The third-order valence-electron chi connectivity index (χ3n) is 5.59. The summed E-state index contributed by atoms with van der Waals surface area (Å²) < 4.78 is 7.41. The molecule has 1 atom stereocenters. The number of nitrogens with one attached hydrogen (secondary N) is 2. The van der Waals surface area contributed by atoms with Crippen LogP contribution in [0.4, 0.5) is 11.6 Å². The van der Waals surface area contributed by atoms with Crippen LogP contribution in [0.2, 0.25) is 0 Å². The van der Waals surface area contributed by atoms with Crippen LogP contribution >= 0.6 is 0 Å². The van der Waals surface area contributed by atoms with Gasteiger partial charge in [0.05, 0.1) is 12.7 Å². The van der Waals surface area contributed by atoms with Crippen LogP contribution in [0.1, 0.15) is 18.5 Å². The van der Waals surface area contributed by atoms with Gasteiger partial charge in [0.1, 0.15) is 11.8 Å². The number of carbonyl (C=O) groups excluding carboxylic acids is 1. The zero-order valence-corrected chi connectivity index (χ0v) is 18.3. The fourth-order valence-electron chi connectivity index (χ4n) is 4.05. The lowest BCUT2D eigenvalue weighted by atomic mass is 9.94. The quantitative estimate of drug-likeness (QED) is 0.465. The van der Waals surface area contributed by atoms with E-state index in [0.717, 1.165) is 16.8 Å². The normalized spacial score (nSPS) is 14.9. The summed E-state index contributed by atoms with van der Waals surface area (Å²) in [5.41, 5.74) is 3.69. The molecule has 0 fully saturated rings. The minimum Gasteiger partial charge on any atom is -0.496 e. The number of ether oxygens (including phenoxy) is 1. The van der Waals surface area contributed by atoms with Crippen molar-refractivity contribution in [1.29, 1.82) is 0 Å². The number of methoxy groups -OCH3 is 1. The summed E-state index contributed by atoms with van der Waals surface area (Å²) in [5.74, 6) is 1.60. The molecule has 0 saturated carbocycles. The molecule has 0 bridgehead atoms. The van der Waals surface area contributed by atoms with E-state index in [4.69, 9.17) is 14.8 Å². The van der Waals surface area contributed by atoms with Crippen molar-refractivity contribution in [1.82, 2.24) is 14.8 Å². The highest BCUT2D eigenvalue weighted by Gasteiger charge is 2.36. The first-order chi connectivity index (χ1) is 16.2. The van der Waals surface area contributed by atoms with Gasteiger partial charge in [-0.2, -0.15) is 4.98 Å². The fraction of sp³-hybridized carbons (Fsp3) is 0.115. The molecular formula is C26H23N5O2. The molecule has 1 aliphatic rings. The van der Waals surface area contributed by atoms with E-state index in [1.165, 1.54) is 0 Å². The highest BCUT2D eigenvalue weighted by Crippen LogP contribution is 2.40. The van der Waals surface area contributed by atoms with Gasteiger partial charge < -0.3 is 15.4 Å². The average molecular weight is 438 g/mol. The predicted octanol–water partition coefficient (Wildman–Crippen LogP) is 4.88. The van der Waals surface area contributed by atoms with Gasteiger partial charge in [-0.25, -0.2) is 4.68 Å². The number of anilines is 2. The van der Waals surface area contributed by atoms with Gasteiger partial charge in [0.15, 0.2) is 5.82 Å². The molecule has 2 heterocycles. The lowest BCUT2D eigenvalue weighted by molar-refractivity contribution is -0.113. The number of fused-ring (bicyclic) bond motifs is 1. The van der Waals surface area contributed by atoms with Crippen molar-refractivity contribution in [3.05, 3.63) is 102 Å². The molecule has 5 rings (SSSR count). The van der Waals surface area contributed by atoms with Crippen molar-refractivity contribution in [3.8, 4) is 17.1 Å². The first kappa shape index (κ1) is 20.5. The Balaban J connectivity index is 1.64. The van der Waals surface area contributed by atoms with E-state index >= 15 is 0 Å². The zero-order chi connectivity index (χ0) is 22.8. The smallest absolute Gasteiger partial charge is 0.255 e. The maximum atomic E-state index is 13.5. The maximum absolute atomic E-state index is 13.5. The molecule has 0 unspecified atom stereocenters. The summed E-state index contributed by atoms with van der Waals surface area (Å²) in [4.78, 5) is 18.3. The second-order valence-electron chi connectivity index (χ2n) is 7.70.